The Morgan fingerprint density at radius 1 is 1.08 bits per heavy atom. The van der Waals surface area contributed by atoms with E-state index in [9.17, 15) is 18.0 Å². The second-order valence-corrected chi connectivity index (χ2v) is 10.2. The number of sulfone groups is 1. The van der Waals surface area contributed by atoms with Crippen molar-refractivity contribution >= 4 is 21.7 Å². The van der Waals surface area contributed by atoms with Gasteiger partial charge in [0.1, 0.15) is 9.84 Å². The Bertz CT molecular complexity index is 600. The van der Waals surface area contributed by atoms with Gasteiger partial charge in [0, 0.05) is 18.5 Å². The van der Waals surface area contributed by atoms with Gasteiger partial charge in [-0.2, -0.15) is 0 Å². The van der Waals surface area contributed by atoms with Crippen LogP contribution in [0.2, 0.25) is 0 Å². The van der Waals surface area contributed by atoms with Gasteiger partial charge in [-0.15, -0.1) is 0 Å². The van der Waals surface area contributed by atoms with E-state index in [0.29, 0.717) is 32.2 Å². The van der Waals surface area contributed by atoms with Crippen LogP contribution in [0.25, 0.3) is 0 Å². The topological polar surface area (TPSA) is 92.3 Å². The highest BCUT2D eigenvalue weighted by Gasteiger charge is 2.58. The number of amides is 2. The van der Waals surface area contributed by atoms with Crippen molar-refractivity contribution in [3.8, 4) is 0 Å². The van der Waals surface area contributed by atoms with E-state index >= 15 is 0 Å². The van der Waals surface area contributed by atoms with Crippen molar-refractivity contribution in [1.29, 1.82) is 0 Å². The fourth-order valence-electron chi connectivity index (χ4n) is 4.04. The number of hydrogen-bond acceptors (Lipinski definition) is 4. The van der Waals surface area contributed by atoms with E-state index in [1.807, 2.05) is 27.7 Å². The van der Waals surface area contributed by atoms with E-state index in [1.165, 1.54) is 0 Å². The molecule has 0 aromatic rings. The lowest BCUT2D eigenvalue weighted by Gasteiger charge is -2.41. The molecule has 2 atom stereocenters. The lowest BCUT2D eigenvalue weighted by molar-refractivity contribution is -0.139. The molecule has 7 heteroatoms. The van der Waals surface area contributed by atoms with Crippen LogP contribution in [0.3, 0.4) is 0 Å². The monoisotopic (exact) mass is 358 g/mol. The molecule has 138 valence electrons. The van der Waals surface area contributed by atoms with Gasteiger partial charge in [-0.1, -0.05) is 20.8 Å². The summed E-state index contributed by atoms with van der Waals surface area (Å²) in [5, 5.41) is 5.92. The first-order valence-electron chi connectivity index (χ1n) is 8.82. The van der Waals surface area contributed by atoms with Crippen LogP contribution in [-0.4, -0.2) is 44.3 Å². The first-order chi connectivity index (χ1) is 11.0. The molecule has 6 nitrogen and oxygen atoms in total. The molecule has 2 fully saturated rings. The summed E-state index contributed by atoms with van der Waals surface area (Å²) in [4.78, 5) is 25.3. The van der Waals surface area contributed by atoms with Crippen LogP contribution < -0.4 is 10.6 Å². The van der Waals surface area contributed by atoms with Crippen LogP contribution in [0.5, 0.6) is 0 Å². The third-order valence-electron chi connectivity index (χ3n) is 6.28. The van der Waals surface area contributed by atoms with Gasteiger partial charge >= 0.3 is 0 Å². The highest BCUT2D eigenvalue weighted by atomic mass is 32.2. The maximum absolute atomic E-state index is 12.9. The fourth-order valence-corrected chi connectivity index (χ4v) is 5.53. The smallest absolute Gasteiger partial charge is 0.226 e. The van der Waals surface area contributed by atoms with Crippen LogP contribution in [0.4, 0.5) is 0 Å². The van der Waals surface area contributed by atoms with Crippen LogP contribution in [0.1, 0.15) is 53.4 Å². The molecule has 0 aromatic carbocycles. The standard InChI is InChI=1S/C17H30N2O4S/c1-5-18-14(20)13-6-9-17(4,16(13,2)3)15(21)19-12-7-10-24(22,23)11-8-12/h12-13H,5-11H2,1-4H3,(H,18,20)(H,19,21)/t13-,17+/m1/s1. The van der Waals surface area contributed by atoms with Crippen molar-refractivity contribution in [3.05, 3.63) is 0 Å². The molecule has 0 spiro atoms. The predicted octanol–water partition coefficient (Wildman–Crippen LogP) is 1.26. The maximum Gasteiger partial charge on any atom is 0.226 e. The van der Waals surface area contributed by atoms with Crippen molar-refractivity contribution < 1.29 is 18.0 Å². The Balaban J connectivity index is 2.07. The molecule has 2 N–H and O–H groups in total. The van der Waals surface area contributed by atoms with E-state index in [2.05, 4.69) is 10.6 Å². The third-order valence-corrected chi connectivity index (χ3v) is 8.00. The molecule has 24 heavy (non-hydrogen) atoms. The zero-order chi connectivity index (χ0) is 18.2. The van der Waals surface area contributed by atoms with Gasteiger partial charge in [-0.25, -0.2) is 8.42 Å². The van der Waals surface area contributed by atoms with Gasteiger partial charge in [0.15, 0.2) is 0 Å². The quantitative estimate of drug-likeness (QED) is 0.791. The molecule has 2 amide bonds. The van der Waals surface area contributed by atoms with Crippen LogP contribution in [0.15, 0.2) is 0 Å². The van der Waals surface area contributed by atoms with Crippen molar-refractivity contribution in [1.82, 2.24) is 10.6 Å². The molecular formula is C17H30N2O4S. The summed E-state index contributed by atoms with van der Waals surface area (Å²) in [6.45, 7) is 8.39. The van der Waals surface area contributed by atoms with Gasteiger partial charge in [0.2, 0.25) is 11.8 Å². The molecule has 2 aliphatic rings. The van der Waals surface area contributed by atoms with Crippen molar-refractivity contribution in [2.24, 2.45) is 16.7 Å². The normalized spacial score (nSPS) is 32.2. The largest absolute Gasteiger partial charge is 0.356 e. The average molecular weight is 359 g/mol. The Labute approximate surface area is 145 Å². The van der Waals surface area contributed by atoms with E-state index < -0.39 is 20.7 Å². The Morgan fingerprint density at radius 2 is 1.67 bits per heavy atom. The number of carbonyl (C=O) groups excluding carboxylic acids is 2. The molecule has 1 saturated carbocycles. The summed E-state index contributed by atoms with van der Waals surface area (Å²) in [5.74, 6) is 0.0606. The minimum atomic E-state index is -2.94. The molecule has 1 aliphatic carbocycles. The Hall–Kier alpha value is -1.11. The summed E-state index contributed by atoms with van der Waals surface area (Å²) in [7, 11) is -2.94. The summed E-state index contributed by atoms with van der Waals surface area (Å²) >= 11 is 0. The van der Waals surface area contributed by atoms with Crippen molar-refractivity contribution in [2.75, 3.05) is 18.1 Å². The second-order valence-electron chi connectivity index (χ2n) is 7.94. The number of nitrogens with one attached hydrogen (secondary N) is 2. The lowest BCUT2D eigenvalue weighted by atomic mass is 9.65. The Morgan fingerprint density at radius 3 is 2.21 bits per heavy atom. The van der Waals surface area contributed by atoms with Crippen LogP contribution in [0, 0.1) is 16.7 Å². The second kappa shape index (κ2) is 6.65. The minimum absolute atomic E-state index is 0.0165. The highest BCUT2D eigenvalue weighted by molar-refractivity contribution is 7.91. The van der Waals surface area contributed by atoms with E-state index in [-0.39, 0.29) is 35.3 Å². The third kappa shape index (κ3) is 3.46. The minimum Gasteiger partial charge on any atom is -0.356 e. The van der Waals surface area contributed by atoms with Crippen LogP contribution in [-0.2, 0) is 19.4 Å². The van der Waals surface area contributed by atoms with Gasteiger partial charge in [0.25, 0.3) is 0 Å². The molecule has 0 radical (unpaired) electrons. The summed E-state index contributed by atoms with van der Waals surface area (Å²) in [6, 6.07) is -0.0860. The summed E-state index contributed by atoms with van der Waals surface area (Å²) in [6.07, 6.45) is 2.31. The number of hydrogen-bond donors (Lipinski definition) is 2. The maximum atomic E-state index is 12.9. The zero-order valence-corrected chi connectivity index (χ0v) is 16.0. The van der Waals surface area contributed by atoms with Crippen LogP contribution >= 0.6 is 0 Å². The molecule has 1 heterocycles. The first kappa shape index (κ1) is 19.2. The van der Waals surface area contributed by atoms with Crippen molar-refractivity contribution in [2.45, 2.75) is 59.4 Å². The van der Waals surface area contributed by atoms with Gasteiger partial charge in [-0.05, 0) is 38.0 Å². The van der Waals surface area contributed by atoms with Crippen molar-refractivity contribution in [3.63, 3.8) is 0 Å². The average Bonchev–Trinajstić information content (AvgIpc) is 2.73. The molecule has 1 aliphatic heterocycles. The molecule has 0 aromatic heterocycles. The SMILES string of the molecule is CCNC(=O)[C@H]1CC[C@@](C)(C(=O)NC2CCS(=O)(=O)CC2)C1(C)C. The van der Waals surface area contributed by atoms with Gasteiger partial charge in [-0.3, -0.25) is 9.59 Å². The molecular weight excluding hydrogens is 328 g/mol. The number of carbonyl (C=O) groups is 2. The summed E-state index contributed by atoms with van der Waals surface area (Å²) in [5.41, 5.74) is -1.07. The number of rotatable bonds is 4. The van der Waals surface area contributed by atoms with Gasteiger partial charge < -0.3 is 10.6 Å². The summed E-state index contributed by atoms with van der Waals surface area (Å²) < 4.78 is 23.1. The zero-order valence-electron chi connectivity index (χ0n) is 15.1. The Kier molecular flexibility index (Phi) is 5.33. The van der Waals surface area contributed by atoms with Gasteiger partial charge in [0.05, 0.1) is 16.9 Å². The molecule has 1 saturated heterocycles. The first-order valence-corrected chi connectivity index (χ1v) is 10.6. The van der Waals surface area contributed by atoms with E-state index in [0.717, 1.165) is 0 Å². The van der Waals surface area contributed by atoms with E-state index in [4.69, 9.17) is 0 Å². The highest BCUT2D eigenvalue weighted by Crippen LogP contribution is 2.56. The molecule has 0 unspecified atom stereocenters. The predicted molar refractivity (Wildman–Crippen MR) is 93.1 cm³/mol. The van der Waals surface area contributed by atoms with E-state index in [1.54, 1.807) is 0 Å². The molecule has 2 rings (SSSR count). The fraction of sp³-hybridized carbons (Fsp3) is 0.882. The molecule has 0 bridgehead atoms. The lowest BCUT2D eigenvalue weighted by Crippen LogP contribution is -2.52.